The monoisotopic (exact) mass is 275 g/mol. The number of anilines is 1. The van der Waals surface area contributed by atoms with Gasteiger partial charge in [-0.2, -0.15) is 0 Å². The van der Waals surface area contributed by atoms with Crippen LogP contribution in [-0.2, 0) is 0 Å². The van der Waals surface area contributed by atoms with Crippen LogP contribution in [0.1, 0.15) is 30.5 Å². The molecule has 0 radical (unpaired) electrons. The van der Waals surface area contributed by atoms with Gasteiger partial charge in [0.2, 0.25) is 0 Å². The molecule has 1 aromatic carbocycles. The fourth-order valence-corrected chi connectivity index (χ4v) is 2.54. The summed E-state index contributed by atoms with van der Waals surface area (Å²) in [5.41, 5.74) is 1.71. The largest absolute Gasteiger partial charge is 0.478 e. The van der Waals surface area contributed by atoms with Crippen LogP contribution in [0.5, 0.6) is 0 Å². The van der Waals surface area contributed by atoms with Crippen LogP contribution in [0.2, 0.25) is 0 Å². The van der Waals surface area contributed by atoms with Crippen molar-refractivity contribution in [2.45, 2.75) is 13.8 Å². The SMILES string of the molecule is Cc1cc(C(=O)Nc2cccc(C(=O)O)c2)sc1C. The van der Waals surface area contributed by atoms with Gasteiger partial charge in [-0.25, -0.2) is 4.79 Å². The molecule has 5 heteroatoms. The van der Waals surface area contributed by atoms with E-state index in [1.807, 2.05) is 19.9 Å². The zero-order valence-electron chi connectivity index (χ0n) is 10.6. The summed E-state index contributed by atoms with van der Waals surface area (Å²) in [6.45, 7) is 3.91. The fourth-order valence-electron chi connectivity index (χ4n) is 1.61. The second kappa shape index (κ2) is 5.24. The first-order valence-corrected chi connectivity index (χ1v) is 6.51. The van der Waals surface area contributed by atoms with Crippen molar-refractivity contribution < 1.29 is 14.7 Å². The van der Waals surface area contributed by atoms with E-state index in [0.717, 1.165) is 10.4 Å². The van der Waals surface area contributed by atoms with E-state index >= 15 is 0 Å². The highest BCUT2D eigenvalue weighted by molar-refractivity contribution is 7.14. The van der Waals surface area contributed by atoms with Gasteiger partial charge in [0, 0.05) is 10.6 Å². The van der Waals surface area contributed by atoms with Gasteiger partial charge in [-0.1, -0.05) is 6.07 Å². The molecule has 0 unspecified atom stereocenters. The average Bonchev–Trinajstić information content (AvgIpc) is 2.70. The zero-order valence-corrected chi connectivity index (χ0v) is 11.4. The number of nitrogens with one attached hydrogen (secondary N) is 1. The molecule has 0 spiro atoms. The number of thiophene rings is 1. The molecule has 0 atom stereocenters. The fraction of sp³-hybridized carbons (Fsp3) is 0.143. The highest BCUT2D eigenvalue weighted by Crippen LogP contribution is 2.22. The van der Waals surface area contributed by atoms with Crippen LogP contribution in [0, 0.1) is 13.8 Å². The number of aryl methyl sites for hydroxylation is 2. The molecule has 2 N–H and O–H groups in total. The van der Waals surface area contributed by atoms with Crippen molar-refractivity contribution in [1.82, 2.24) is 0 Å². The van der Waals surface area contributed by atoms with Crippen LogP contribution in [0.3, 0.4) is 0 Å². The Bertz CT molecular complexity index is 626. The third kappa shape index (κ3) is 3.00. The summed E-state index contributed by atoms with van der Waals surface area (Å²) in [7, 11) is 0. The van der Waals surface area contributed by atoms with Gasteiger partial charge in [-0.05, 0) is 43.7 Å². The second-order valence-electron chi connectivity index (χ2n) is 4.19. The molecule has 0 fully saturated rings. The summed E-state index contributed by atoms with van der Waals surface area (Å²) in [5.74, 6) is -1.23. The Hall–Kier alpha value is -2.14. The number of aromatic carboxylic acids is 1. The highest BCUT2D eigenvalue weighted by Gasteiger charge is 2.11. The maximum Gasteiger partial charge on any atom is 0.335 e. The molecule has 2 aromatic rings. The Morgan fingerprint density at radius 3 is 2.53 bits per heavy atom. The molecule has 0 saturated carbocycles. The van der Waals surface area contributed by atoms with Crippen molar-refractivity contribution >= 4 is 28.9 Å². The van der Waals surface area contributed by atoms with E-state index in [2.05, 4.69) is 5.32 Å². The minimum absolute atomic E-state index is 0.149. The van der Waals surface area contributed by atoms with Crippen molar-refractivity contribution in [3.05, 3.63) is 51.2 Å². The van der Waals surface area contributed by atoms with E-state index in [1.165, 1.54) is 23.5 Å². The molecular weight excluding hydrogens is 262 g/mol. The topological polar surface area (TPSA) is 66.4 Å². The Morgan fingerprint density at radius 2 is 1.95 bits per heavy atom. The molecule has 19 heavy (non-hydrogen) atoms. The third-order valence-corrected chi connectivity index (χ3v) is 3.91. The predicted molar refractivity (Wildman–Crippen MR) is 75.1 cm³/mol. The molecule has 0 aliphatic rings. The zero-order chi connectivity index (χ0) is 14.0. The Morgan fingerprint density at radius 1 is 1.21 bits per heavy atom. The number of carbonyl (C=O) groups is 2. The van der Waals surface area contributed by atoms with Crippen molar-refractivity contribution in [3.63, 3.8) is 0 Å². The minimum atomic E-state index is -1.01. The standard InChI is InChI=1S/C14H13NO3S/c1-8-6-12(19-9(8)2)13(16)15-11-5-3-4-10(7-11)14(17)18/h3-7H,1-2H3,(H,15,16)(H,17,18). The first-order chi connectivity index (χ1) is 8.97. The molecule has 98 valence electrons. The van der Waals surface area contributed by atoms with E-state index < -0.39 is 5.97 Å². The summed E-state index contributed by atoms with van der Waals surface area (Å²) < 4.78 is 0. The van der Waals surface area contributed by atoms with Crippen molar-refractivity contribution in [1.29, 1.82) is 0 Å². The van der Waals surface area contributed by atoms with Gasteiger partial charge in [-0.3, -0.25) is 4.79 Å². The summed E-state index contributed by atoms with van der Waals surface area (Å²) in [6, 6.07) is 8.02. The maximum atomic E-state index is 12.0. The van der Waals surface area contributed by atoms with Crippen molar-refractivity contribution in [2.75, 3.05) is 5.32 Å². The molecule has 1 amide bonds. The Kier molecular flexibility index (Phi) is 3.66. The smallest absolute Gasteiger partial charge is 0.335 e. The molecule has 1 heterocycles. The lowest BCUT2D eigenvalue weighted by Gasteiger charge is -2.04. The van der Waals surface area contributed by atoms with Crippen LogP contribution in [-0.4, -0.2) is 17.0 Å². The first-order valence-electron chi connectivity index (χ1n) is 5.69. The van der Waals surface area contributed by atoms with Crippen LogP contribution in [0.15, 0.2) is 30.3 Å². The summed E-state index contributed by atoms with van der Waals surface area (Å²) >= 11 is 1.42. The lowest BCUT2D eigenvalue weighted by atomic mass is 10.2. The molecular formula is C14H13NO3S. The van der Waals surface area contributed by atoms with E-state index in [4.69, 9.17) is 5.11 Å². The van der Waals surface area contributed by atoms with E-state index in [-0.39, 0.29) is 11.5 Å². The van der Waals surface area contributed by atoms with Crippen LogP contribution in [0.25, 0.3) is 0 Å². The lowest BCUT2D eigenvalue weighted by molar-refractivity contribution is 0.0696. The molecule has 0 aliphatic heterocycles. The predicted octanol–water partition coefficient (Wildman–Crippen LogP) is 3.32. The van der Waals surface area contributed by atoms with Gasteiger partial charge in [0.1, 0.15) is 0 Å². The van der Waals surface area contributed by atoms with E-state index in [9.17, 15) is 9.59 Å². The third-order valence-electron chi connectivity index (χ3n) is 2.76. The summed E-state index contributed by atoms with van der Waals surface area (Å²) in [5, 5.41) is 11.6. The second-order valence-corrected chi connectivity index (χ2v) is 5.45. The summed E-state index contributed by atoms with van der Waals surface area (Å²) in [6.07, 6.45) is 0. The van der Waals surface area contributed by atoms with Crippen LogP contribution in [0.4, 0.5) is 5.69 Å². The Labute approximate surface area is 114 Å². The molecule has 0 aliphatic carbocycles. The van der Waals surface area contributed by atoms with Gasteiger partial charge in [0.25, 0.3) is 5.91 Å². The van der Waals surface area contributed by atoms with Gasteiger partial charge >= 0.3 is 5.97 Å². The average molecular weight is 275 g/mol. The van der Waals surface area contributed by atoms with Crippen molar-refractivity contribution in [2.24, 2.45) is 0 Å². The van der Waals surface area contributed by atoms with Crippen molar-refractivity contribution in [3.8, 4) is 0 Å². The highest BCUT2D eigenvalue weighted by atomic mass is 32.1. The molecule has 0 saturated heterocycles. The van der Waals surface area contributed by atoms with Gasteiger partial charge in [-0.15, -0.1) is 11.3 Å². The number of benzene rings is 1. The summed E-state index contributed by atoms with van der Waals surface area (Å²) in [4.78, 5) is 24.6. The van der Waals surface area contributed by atoms with Gasteiger partial charge < -0.3 is 10.4 Å². The number of hydrogen-bond donors (Lipinski definition) is 2. The maximum absolute atomic E-state index is 12.0. The normalized spacial score (nSPS) is 10.2. The Balaban J connectivity index is 2.19. The quantitative estimate of drug-likeness (QED) is 0.903. The van der Waals surface area contributed by atoms with E-state index in [1.54, 1.807) is 12.1 Å². The molecule has 4 nitrogen and oxygen atoms in total. The molecule has 0 bridgehead atoms. The van der Waals surface area contributed by atoms with Gasteiger partial charge in [0.05, 0.1) is 10.4 Å². The van der Waals surface area contributed by atoms with Crippen LogP contribution < -0.4 is 5.32 Å². The first kappa shape index (κ1) is 13.3. The van der Waals surface area contributed by atoms with Crippen LogP contribution >= 0.6 is 11.3 Å². The van der Waals surface area contributed by atoms with E-state index in [0.29, 0.717) is 10.6 Å². The molecule has 1 aromatic heterocycles. The minimum Gasteiger partial charge on any atom is -0.478 e. The number of hydrogen-bond acceptors (Lipinski definition) is 3. The number of rotatable bonds is 3. The molecule has 2 rings (SSSR count). The number of amides is 1. The number of carbonyl (C=O) groups excluding carboxylic acids is 1. The lowest BCUT2D eigenvalue weighted by Crippen LogP contribution is -2.10. The number of carboxylic acid groups (broad SMARTS) is 1. The van der Waals surface area contributed by atoms with Gasteiger partial charge in [0.15, 0.2) is 0 Å². The number of carboxylic acids is 1.